The van der Waals surface area contributed by atoms with Crippen LogP contribution in [0.4, 0.5) is 9.59 Å². The second-order valence-electron chi connectivity index (χ2n) is 19.5. The smallest absolute Gasteiger partial charge is 0.460 e. The number of carbonyl (C=O) groups excluding carboxylic acids is 7. The van der Waals surface area contributed by atoms with Crippen molar-refractivity contribution in [2.45, 2.75) is 132 Å². The quantitative estimate of drug-likeness (QED) is 0.122. The summed E-state index contributed by atoms with van der Waals surface area (Å²) >= 11 is 17.6. The van der Waals surface area contributed by atoms with Gasteiger partial charge in [0, 0.05) is 38.0 Å². The first-order valence-corrected chi connectivity index (χ1v) is 23.2. The maximum atomic E-state index is 16.0. The van der Waals surface area contributed by atoms with Gasteiger partial charge < -0.3 is 53.4 Å². The number of ketones is 1. The van der Waals surface area contributed by atoms with E-state index in [1.54, 1.807) is 69.3 Å². The SMILES string of the molecule is CC(=O)OC1=C2C(C)C(OC(=O)C(O)[C@@H](NC(=O)OC(C)(C)C)c3ccccc3)C[C@@](O)([C@@H](OC(=O)c3ccccc3)C3[C@]4(OC(C)=O)COC4C[C@H](OC(=O)OCC(Cl)(Cl)Cl)[C@@]3(C)C1=O)C2(C)C. The molecule has 1 heterocycles. The van der Waals surface area contributed by atoms with Gasteiger partial charge >= 0.3 is 36.1 Å². The number of carbonyl (C=O) groups is 7. The number of aliphatic hydroxyl groups excluding tert-OH is 1. The molecule has 5 unspecified atom stereocenters. The fourth-order valence-corrected chi connectivity index (χ4v) is 10.4. The van der Waals surface area contributed by atoms with E-state index in [1.807, 2.05) is 0 Å². The average molecular weight is 1030 g/mol. The summed E-state index contributed by atoms with van der Waals surface area (Å²) < 4.78 is 44.9. The number of aliphatic hydroxyl groups is 2. The lowest BCUT2D eigenvalue weighted by Gasteiger charge is -2.67. The van der Waals surface area contributed by atoms with E-state index >= 15 is 4.79 Å². The van der Waals surface area contributed by atoms with Gasteiger partial charge in [-0.15, -0.1) is 0 Å². The molecule has 11 atom stereocenters. The van der Waals surface area contributed by atoms with Gasteiger partial charge in [0.2, 0.25) is 9.58 Å². The number of hydrogen-bond donors (Lipinski definition) is 3. The maximum absolute atomic E-state index is 16.0. The Labute approximate surface area is 413 Å². The Kier molecular flexibility index (Phi) is 15.2. The topological polar surface area (TPSA) is 246 Å². The van der Waals surface area contributed by atoms with Crippen LogP contribution in [0.1, 0.15) is 97.1 Å². The van der Waals surface area contributed by atoms with Crippen LogP contribution < -0.4 is 5.32 Å². The second kappa shape index (κ2) is 19.7. The number of alkyl halides is 3. The molecule has 0 aromatic heterocycles. The number of nitrogens with one attached hydrogen (secondary N) is 1. The lowest BCUT2D eigenvalue weighted by Crippen LogP contribution is -2.81. The molecule has 3 fully saturated rings. The molecule has 0 radical (unpaired) electrons. The molecule has 2 saturated carbocycles. The van der Waals surface area contributed by atoms with Crippen molar-refractivity contribution in [1.29, 1.82) is 0 Å². The number of allylic oxidation sites excluding steroid dienone is 1. The molecule has 3 aliphatic carbocycles. The first-order valence-electron chi connectivity index (χ1n) is 22.1. The minimum absolute atomic E-state index is 0.00748. The summed E-state index contributed by atoms with van der Waals surface area (Å²) in [5, 5.41) is 28.2. The van der Waals surface area contributed by atoms with Gasteiger partial charge in [-0.3, -0.25) is 14.4 Å². The summed E-state index contributed by atoms with van der Waals surface area (Å²) in [5.41, 5.74) is -9.36. The Bertz CT molecular complexity index is 2370. The van der Waals surface area contributed by atoms with Crippen LogP contribution >= 0.6 is 34.8 Å². The van der Waals surface area contributed by atoms with Gasteiger partial charge in [0.05, 0.1) is 29.5 Å². The van der Waals surface area contributed by atoms with Crippen LogP contribution in [0.25, 0.3) is 0 Å². The lowest BCUT2D eigenvalue weighted by molar-refractivity contribution is -0.345. The van der Waals surface area contributed by atoms with E-state index in [4.69, 9.17) is 72.7 Å². The molecular formula is C48H56Cl3NO17. The Hall–Kier alpha value is -4.98. The van der Waals surface area contributed by atoms with Crippen molar-refractivity contribution < 1.29 is 81.7 Å². The van der Waals surface area contributed by atoms with Crippen LogP contribution in [0.2, 0.25) is 0 Å². The molecule has 3 N–H and O–H groups in total. The monoisotopic (exact) mass is 1020 g/mol. The zero-order valence-electron chi connectivity index (χ0n) is 39.4. The van der Waals surface area contributed by atoms with Crippen LogP contribution in [0.3, 0.4) is 0 Å². The number of esters is 4. The predicted octanol–water partition coefficient (Wildman–Crippen LogP) is 6.57. The highest BCUT2D eigenvalue weighted by atomic mass is 35.6. The number of Topliss-reactive ketones (excluding diaryl/α,β-unsaturated/α-hetero) is 1. The highest BCUT2D eigenvalue weighted by Crippen LogP contribution is 2.65. The lowest BCUT2D eigenvalue weighted by atomic mass is 9.45. The van der Waals surface area contributed by atoms with Crippen LogP contribution in [-0.2, 0) is 57.1 Å². The molecule has 1 amide bonds. The molecule has 18 nitrogen and oxygen atoms in total. The third-order valence-electron chi connectivity index (χ3n) is 13.4. The molecule has 21 heteroatoms. The highest BCUT2D eigenvalue weighted by Gasteiger charge is 2.79. The van der Waals surface area contributed by atoms with E-state index in [-0.39, 0.29) is 23.1 Å². The van der Waals surface area contributed by atoms with E-state index in [0.717, 1.165) is 13.8 Å². The molecular weight excluding hydrogens is 969 g/mol. The van der Waals surface area contributed by atoms with Crippen molar-refractivity contribution in [1.82, 2.24) is 5.32 Å². The Morgan fingerprint density at radius 2 is 1.51 bits per heavy atom. The van der Waals surface area contributed by atoms with Crippen molar-refractivity contribution >= 4 is 76.7 Å². The van der Waals surface area contributed by atoms with Gasteiger partial charge in [-0.05, 0) is 51.0 Å². The molecule has 2 aromatic carbocycles. The summed E-state index contributed by atoms with van der Waals surface area (Å²) in [6.07, 6.45) is -11.9. The minimum atomic E-state index is -2.54. The van der Waals surface area contributed by atoms with Crippen molar-refractivity contribution in [2.24, 2.45) is 22.7 Å². The molecule has 1 saturated heterocycles. The minimum Gasteiger partial charge on any atom is -0.460 e. The first kappa shape index (κ1) is 53.4. The summed E-state index contributed by atoms with van der Waals surface area (Å²) in [7, 11) is 0. The van der Waals surface area contributed by atoms with Gasteiger partial charge in [0.15, 0.2) is 17.5 Å². The molecule has 1 aliphatic heterocycles. The van der Waals surface area contributed by atoms with Crippen molar-refractivity contribution in [3.63, 3.8) is 0 Å². The molecule has 4 aliphatic rings. The van der Waals surface area contributed by atoms with E-state index in [2.05, 4.69) is 5.32 Å². The molecule has 0 spiro atoms. The van der Waals surface area contributed by atoms with E-state index in [9.17, 15) is 39.0 Å². The molecule has 2 bridgehead atoms. The van der Waals surface area contributed by atoms with E-state index in [0.29, 0.717) is 0 Å². The zero-order chi connectivity index (χ0) is 51.2. The maximum Gasteiger partial charge on any atom is 0.508 e. The fourth-order valence-electron chi connectivity index (χ4n) is 10.3. The Morgan fingerprint density at radius 3 is 2.04 bits per heavy atom. The zero-order valence-corrected chi connectivity index (χ0v) is 41.6. The summed E-state index contributed by atoms with van der Waals surface area (Å²) in [6, 6.07) is 14.2. The number of rotatable bonds is 11. The van der Waals surface area contributed by atoms with Gasteiger partial charge in [0.1, 0.15) is 42.2 Å². The summed E-state index contributed by atoms with van der Waals surface area (Å²) in [6.45, 7) is 11.6. The molecule has 2 aromatic rings. The largest absolute Gasteiger partial charge is 0.508 e. The number of ether oxygens (including phenoxy) is 8. The first-order chi connectivity index (χ1) is 32.0. The molecule has 6 rings (SSSR count). The summed E-state index contributed by atoms with van der Waals surface area (Å²) in [5.74, 6) is -8.82. The number of benzene rings is 2. The standard InChI is InChI=1S/C48H56Cl3NO17/c1-24-29(65-40(58)34(55)33(27-16-12-10-13-17-27)52-41(59)69-43(4,5)6)21-47(61)38(67-39(57)28-18-14-11-15-19-28)36-45(9,37(56)35(64-25(2)53)32(24)44(47,7)8)30(66-42(60)63-23-48(49,50)51)20-31-46(36,22-62-31)68-26(3)54/h10-19,24,29-31,33-34,36,38,55,61H,20-23H2,1-9H3,(H,52,59)/t24?,29?,30-,31?,33-,34?,36?,38-,45+,46-,47+/m0/s1. The number of hydrogen-bond acceptors (Lipinski definition) is 17. The summed E-state index contributed by atoms with van der Waals surface area (Å²) in [4.78, 5) is 98.0. The number of amides is 1. The molecule has 376 valence electrons. The number of alkyl carbamates (subject to hydrolysis) is 1. The second-order valence-corrected chi connectivity index (χ2v) is 22.0. The Balaban J connectivity index is 1.58. The number of halogens is 3. The third-order valence-corrected chi connectivity index (χ3v) is 13.7. The van der Waals surface area contributed by atoms with Crippen molar-refractivity contribution in [3.05, 3.63) is 83.1 Å². The van der Waals surface area contributed by atoms with Crippen LogP contribution in [0.15, 0.2) is 72.0 Å². The van der Waals surface area contributed by atoms with Crippen LogP contribution in [0, 0.1) is 22.7 Å². The highest BCUT2D eigenvalue weighted by molar-refractivity contribution is 6.67. The van der Waals surface area contributed by atoms with Gasteiger partial charge in [-0.1, -0.05) is 104 Å². The van der Waals surface area contributed by atoms with E-state index < -0.39 is 147 Å². The normalized spacial score (nSPS) is 30.2. The number of fused-ring (bicyclic) bond motifs is 5. The Morgan fingerprint density at radius 1 is 0.899 bits per heavy atom. The average Bonchev–Trinajstić information content (AvgIpc) is 3.24. The van der Waals surface area contributed by atoms with Gasteiger partial charge in [0.25, 0.3) is 0 Å². The van der Waals surface area contributed by atoms with Crippen LogP contribution in [0.5, 0.6) is 0 Å². The van der Waals surface area contributed by atoms with Crippen molar-refractivity contribution in [2.75, 3.05) is 13.2 Å². The van der Waals surface area contributed by atoms with Gasteiger partial charge in [-0.25, -0.2) is 19.2 Å². The molecule has 69 heavy (non-hydrogen) atoms. The third kappa shape index (κ3) is 10.6. The van der Waals surface area contributed by atoms with Crippen LogP contribution in [-0.4, -0.2) is 116 Å². The van der Waals surface area contributed by atoms with Gasteiger partial charge in [-0.2, -0.15) is 0 Å². The van der Waals surface area contributed by atoms with E-state index in [1.165, 1.54) is 39.8 Å². The van der Waals surface area contributed by atoms with Crippen molar-refractivity contribution in [3.8, 4) is 0 Å². The predicted molar refractivity (Wildman–Crippen MR) is 243 cm³/mol. The fraction of sp³-hybridized carbons (Fsp3) is 0.562.